The number of aromatic nitrogens is 4. The van der Waals surface area contributed by atoms with Gasteiger partial charge in [0.25, 0.3) is 0 Å². The number of carbonyl (C=O) groups excluding carboxylic acids is 2. The molecule has 0 spiro atoms. The van der Waals surface area contributed by atoms with Crippen molar-refractivity contribution in [2.45, 2.75) is 38.9 Å². The third kappa shape index (κ3) is 6.79. The van der Waals surface area contributed by atoms with Crippen molar-refractivity contribution in [2.75, 3.05) is 6.54 Å². The Morgan fingerprint density at radius 3 is 2.47 bits per heavy atom. The second kappa shape index (κ2) is 13.0. The number of fused-ring (bicyclic) bond motifs is 1. The number of aryl methyl sites for hydroxylation is 1. The molecule has 43 heavy (non-hydrogen) atoms. The first-order chi connectivity index (χ1) is 21.0. The van der Waals surface area contributed by atoms with Gasteiger partial charge in [0.05, 0.1) is 28.8 Å². The predicted molar refractivity (Wildman–Crippen MR) is 167 cm³/mol. The van der Waals surface area contributed by atoms with E-state index in [1.165, 1.54) is 23.0 Å². The van der Waals surface area contributed by atoms with E-state index in [9.17, 15) is 9.59 Å². The molecule has 3 aromatic carbocycles. The Labute approximate surface area is 254 Å². The normalized spacial score (nSPS) is 13.6. The number of rotatable bonds is 9. The summed E-state index contributed by atoms with van der Waals surface area (Å²) in [5.74, 6) is -0.290. The van der Waals surface area contributed by atoms with Crippen molar-refractivity contribution in [3.63, 3.8) is 0 Å². The number of thiazole rings is 1. The SMILES string of the molecule is Cc1nc(C=CC(=O)N(Cc2ccc(-n3ccnn3)cc2)C(Cc2ccccc2)C(=O)N2CCc3ccccc3C2)cs1. The zero-order valence-corrected chi connectivity index (χ0v) is 24.7. The molecule has 216 valence electrons. The predicted octanol–water partition coefficient (Wildman–Crippen LogP) is 5.27. The molecular weight excluding hydrogens is 556 g/mol. The van der Waals surface area contributed by atoms with Crippen LogP contribution in [0.5, 0.6) is 0 Å². The lowest BCUT2D eigenvalue weighted by molar-refractivity contribution is -0.144. The number of hydrogen-bond acceptors (Lipinski definition) is 6. The fourth-order valence-electron chi connectivity index (χ4n) is 5.41. The summed E-state index contributed by atoms with van der Waals surface area (Å²) >= 11 is 1.53. The van der Waals surface area contributed by atoms with Crippen molar-refractivity contribution in [1.82, 2.24) is 29.8 Å². The second-order valence-electron chi connectivity index (χ2n) is 10.6. The van der Waals surface area contributed by atoms with Crippen LogP contribution in [0, 0.1) is 6.92 Å². The van der Waals surface area contributed by atoms with Gasteiger partial charge in [-0.2, -0.15) is 0 Å². The van der Waals surface area contributed by atoms with Gasteiger partial charge in [-0.15, -0.1) is 16.4 Å². The van der Waals surface area contributed by atoms with E-state index < -0.39 is 6.04 Å². The zero-order chi connectivity index (χ0) is 29.6. The molecule has 1 unspecified atom stereocenters. The maximum atomic E-state index is 14.4. The molecule has 8 nitrogen and oxygen atoms in total. The molecule has 0 saturated heterocycles. The van der Waals surface area contributed by atoms with Gasteiger partial charge in [-0.25, -0.2) is 9.67 Å². The molecule has 0 radical (unpaired) electrons. The Bertz CT molecular complexity index is 1710. The molecule has 0 N–H and O–H groups in total. The van der Waals surface area contributed by atoms with Gasteiger partial charge < -0.3 is 9.80 Å². The van der Waals surface area contributed by atoms with Crippen LogP contribution in [0.2, 0.25) is 0 Å². The molecule has 5 aromatic rings. The molecule has 1 aliphatic heterocycles. The highest BCUT2D eigenvalue weighted by molar-refractivity contribution is 7.09. The van der Waals surface area contributed by atoms with E-state index in [4.69, 9.17) is 0 Å². The first-order valence-corrected chi connectivity index (χ1v) is 15.2. The van der Waals surface area contributed by atoms with Gasteiger partial charge >= 0.3 is 0 Å². The Kier molecular flexibility index (Phi) is 8.51. The molecular formula is C34H32N6O2S. The Morgan fingerprint density at radius 1 is 0.977 bits per heavy atom. The minimum Gasteiger partial charge on any atom is -0.336 e. The average Bonchev–Trinajstić information content (AvgIpc) is 3.74. The molecule has 1 aliphatic rings. The van der Waals surface area contributed by atoms with Gasteiger partial charge in [-0.05, 0) is 53.8 Å². The van der Waals surface area contributed by atoms with Crippen LogP contribution in [0.15, 0.2) is 103 Å². The molecule has 3 heterocycles. The minimum absolute atomic E-state index is 0.0520. The van der Waals surface area contributed by atoms with Crippen LogP contribution in [0.25, 0.3) is 11.8 Å². The summed E-state index contributed by atoms with van der Waals surface area (Å²) in [7, 11) is 0. The summed E-state index contributed by atoms with van der Waals surface area (Å²) in [6, 6.07) is 25.3. The summed E-state index contributed by atoms with van der Waals surface area (Å²) in [5.41, 5.74) is 5.92. The van der Waals surface area contributed by atoms with E-state index in [-0.39, 0.29) is 18.4 Å². The highest BCUT2D eigenvalue weighted by atomic mass is 32.1. The van der Waals surface area contributed by atoms with E-state index in [0.717, 1.165) is 39.5 Å². The summed E-state index contributed by atoms with van der Waals surface area (Å²) in [6.07, 6.45) is 7.87. The minimum atomic E-state index is -0.697. The van der Waals surface area contributed by atoms with Crippen molar-refractivity contribution in [2.24, 2.45) is 0 Å². The van der Waals surface area contributed by atoms with Gasteiger partial charge in [0.2, 0.25) is 11.8 Å². The topological polar surface area (TPSA) is 84.2 Å². The summed E-state index contributed by atoms with van der Waals surface area (Å²) < 4.78 is 1.68. The number of benzene rings is 3. The molecule has 9 heteroatoms. The largest absolute Gasteiger partial charge is 0.336 e. The number of amides is 2. The van der Waals surface area contributed by atoms with Crippen molar-refractivity contribution in [1.29, 1.82) is 0 Å². The first kappa shape index (κ1) is 28.2. The average molecular weight is 589 g/mol. The van der Waals surface area contributed by atoms with E-state index in [0.29, 0.717) is 19.5 Å². The van der Waals surface area contributed by atoms with Crippen LogP contribution in [-0.2, 0) is 35.5 Å². The summed E-state index contributed by atoms with van der Waals surface area (Å²) in [4.78, 5) is 36.5. The van der Waals surface area contributed by atoms with E-state index in [1.54, 1.807) is 28.1 Å². The van der Waals surface area contributed by atoms with Crippen LogP contribution in [0.1, 0.15) is 33.0 Å². The molecule has 1 atom stereocenters. The maximum absolute atomic E-state index is 14.4. The lowest BCUT2D eigenvalue weighted by Crippen LogP contribution is -2.52. The smallest absolute Gasteiger partial charge is 0.247 e. The van der Waals surface area contributed by atoms with Gasteiger partial charge in [0, 0.05) is 37.5 Å². The number of carbonyl (C=O) groups is 2. The van der Waals surface area contributed by atoms with Gasteiger partial charge in [-0.3, -0.25) is 9.59 Å². The van der Waals surface area contributed by atoms with Crippen LogP contribution in [0.3, 0.4) is 0 Å². The van der Waals surface area contributed by atoms with Crippen molar-refractivity contribution >= 4 is 29.2 Å². The quantitative estimate of drug-likeness (QED) is 0.219. The lowest BCUT2D eigenvalue weighted by Gasteiger charge is -2.36. The van der Waals surface area contributed by atoms with Crippen LogP contribution < -0.4 is 0 Å². The van der Waals surface area contributed by atoms with E-state index in [1.807, 2.05) is 83.9 Å². The maximum Gasteiger partial charge on any atom is 0.247 e. The van der Waals surface area contributed by atoms with Gasteiger partial charge in [-0.1, -0.05) is 71.9 Å². The highest BCUT2D eigenvalue weighted by Crippen LogP contribution is 2.23. The van der Waals surface area contributed by atoms with Crippen LogP contribution in [0.4, 0.5) is 0 Å². The first-order valence-electron chi connectivity index (χ1n) is 14.3. The van der Waals surface area contributed by atoms with Gasteiger partial charge in [0.15, 0.2) is 0 Å². The van der Waals surface area contributed by atoms with Crippen LogP contribution >= 0.6 is 11.3 Å². The lowest BCUT2D eigenvalue weighted by atomic mass is 9.97. The molecule has 0 bridgehead atoms. The molecule has 2 aromatic heterocycles. The van der Waals surface area contributed by atoms with Crippen molar-refractivity contribution in [3.8, 4) is 5.69 Å². The third-order valence-electron chi connectivity index (χ3n) is 7.67. The summed E-state index contributed by atoms with van der Waals surface area (Å²) in [5, 5.41) is 10.8. The molecule has 0 saturated carbocycles. The molecule has 0 fully saturated rings. The number of nitrogens with zero attached hydrogens (tertiary/aromatic N) is 6. The third-order valence-corrected chi connectivity index (χ3v) is 8.46. The monoisotopic (exact) mass is 588 g/mol. The van der Waals surface area contributed by atoms with Crippen molar-refractivity contribution < 1.29 is 9.59 Å². The fraction of sp³-hybridized carbons (Fsp3) is 0.206. The highest BCUT2D eigenvalue weighted by Gasteiger charge is 2.34. The molecule has 2 amide bonds. The van der Waals surface area contributed by atoms with E-state index >= 15 is 0 Å². The Morgan fingerprint density at radius 2 is 1.74 bits per heavy atom. The van der Waals surface area contributed by atoms with Crippen molar-refractivity contribution in [3.05, 3.63) is 136 Å². The summed E-state index contributed by atoms with van der Waals surface area (Å²) in [6.45, 7) is 3.35. The molecule has 6 rings (SSSR count). The fourth-order valence-corrected chi connectivity index (χ4v) is 5.99. The second-order valence-corrected chi connectivity index (χ2v) is 11.7. The van der Waals surface area contributed by atoms with Crippen LogP contribution in [-0.4, -0.2) is 54.2 Å². The number of hydrogen-bond donors (Lipinski definition) is 0. The Balaban J connectivity index is 1.34. The standard InChI is InChI=1S/C34H32N6O2S/c1-25-36-30(24-43-25)13-16-33(41)39(22-27-11-14-31(15-12-27)40-20-18-35-37-40)32(21-26-7-3-2-4-8-26)34(42)38-19-17-28-9-5-6-10-29(28)23-38/h2-16,18,20,24,32H,17,19,21-23H2,1H3. The Hall–Kier alpha value is -4.89. The molecule has 0 aliphatic carbocycles. The zero-order valence-electron chi connectivity index (χ0n) is 23.9. The van der Waals surface area contributed by atoms with E-state index in [2.05, 4.69) is 27.4 Å². The van der Waals surface area contributed by atoms with Gasteiger partial charge in [0.1, 0.15) is 6.04 Å².